The van der Waals surface area contributed by atoms with E-state index in [2.05, 4.69) is 22.0 Å². The Kier molecular flexibility index (Phi) is 4.51. The van der Waals surface area contributed by atoms with Crippen molar-refractivity contribution in [1.29, 1.82) is 5.26 Å². The number of methoxy groups -OCH3 is 1. The lowest BCUT2D eigenvalue weighted by Crippen LogP contribution is -2.07. The Morgan fingerprint density at radius 3 is 2.81 bits per heavy atom. The van der Waals surface area contributed by atoms with E-state index < -0.39 is 4.83 Å². The van der Waals surface area contributed by atoms with Crippen LogP contribution >= 0.6 is 15.9 Å². The zero-order chi connectivity index (χ0) is 12.1. The fourth-order valence-corrected chi connectivity index (χ4v) is 2.02. The molecule has 1 atom stereocenters. The molecule has 1 aromatic carbocycles. The van der Waals surface area contributed by atoms with Gasteiger partial charge in [0, 0.05) is 5.56 Å². The van der Waals surface area contributed by atoms with Crippen LogP contribution in [0.5, 0.6) is 5.75 Å². The van der Waals surface area contributed by atoms with Gasteiger partial charge in [0.1, 0.15) is 16.4 Å². The molecule has 1 unspecified atom stereocenters. The number of ether oxygens (including phenoxy) is 1. The molecule has 0 fully saturated rings. The normalized spacial score (nSPS) is 11.6. The van der Waals surface area contributed by atoms with Crippen LogP contribution in [0.25, 0.3) is 0 Å². The van der Waals surface area contributed by atoms with Gasteiger partial charge in [-0.1, -0.05) is 28.1 Å². The first-order chi connectivity index (χ1) is 7.61. The summed E-state index contributed by atoms with van der Waals surface area (Å²) in [5.41, 5.74) is 1.57. The van der Waals surface area contributed by atoms with Crippen molar-refractivity contribution in [2.75, 3.05) is 7.11 Å². The summed E-state index contributed by atoms with van der Waals surface area (Å²) in [6, 6.07) is 7.51. The van der Waals surface area contributed by atoms with Gasteiger partial charge in [-0.25, -0.2) is 0 Å². The third-order valence-electron chi connectivity index (χ3n) is 2.26. The van der Waals surface area contributed by atoms with Crippen LogP contribution < -0.4 is 4.74 Å². The maximum atomic E-state index is 11.4. The van der Waals surface area contributed by atoms with E-state index >= 15 is 0 Å². The Morgan fingerprint density at radius 2 is 2.31 bits per heavy atom. The largest absolute Gasteiger partial charge is 0.496 e. The molecule has 0 aliphatic heterocycles. The van der Waals surface area contributed by atoms with Crippen LogP contribution in [0.2, 0.25) is 0 Å². The lowest BCUT2D eigenvalue weighted by Gasteiger charge is -2.15. The molecule has 0 amide bonds. The number of nitriles is 1. The first kappa shape index (κ1) is 12.7. The maximum Gasteiger partial charge on any atom is 0.147 e. The van der Waals surface area contributed by atoms with Crippen LogP contribution in [-0.4, -0.2) is 12.9 Å². The number of rotatable bonds is 4. The van der Waals surface area contributed by atoms with E-state index in [0.717, 1.165) is 11.1 Å². The summed E-state index contributed by atoms with van der Waals surface area (Å²) in [6.45, 7) is 1.50. The van der Waals surface area contributed by atoms with Crippen molar-refractivity contribution in [3.63, 3.8) is 0 Å². The fraction of sp³-hybridized carbons (Fsp3) is 0.333. The van der Waals surface area contributed by atoms with Gasteiger partial charge in [0.15, 0.2) is 0 Å². The summed E-state index contributed by atoms with van der Waals surface area (Å²) in [4.78, 5) is 11.0. The number of halogens is 1. The highest BCUT2D eigenvalue weighted by molar-refractivity contribution is 9.09. The average molecular weight is 282 g/mol. The number of nitrogens with zero attached hydrogens (tertiary/aromatic N) is 1. The number of hydrogen-bond acceptors (Lipinski definition) is 3. The Hall–Kier alpha value is -1.34. The van der Waals surface area contributed by atoms with Gasteiger partial charge in [-0.2, -0.15) is 5.26 Å². The number of ketones is 1. The second-order valence-electron chi connectivity index (χ2n) is 3.34. The van der Waals surface area contributed by atoms with E-state index in [0.29, 0.717) is 5.75 Å². The molecule has 16 heavy (non-hydrogen) atoms. The molecule has 0 radical (unpaired) electrons. The van der Waals surface area contributed by atoms with Crippen LogP contribution in [0.3, 0.4) is 0 Å². The summed E-state index contributed by atoms with van der Waals surface area (Å²) >= 11 is 3.32. The topological polar surface area (TPSA) is 50.1 Å². The predicted octanol–water partition coefficient (Wildman–Crippen LogP) is 2.79. The molecule has 0 saturated carbocycles. The Labute approximate surface area is 103 Å². The lowest BCUT2D eigenvalue weighted by molar-refractivity contribution is -0.116. The average Bonchev–Trinajstić information content (AvgIpc) is 2.28. The second-order valence-corrected chi connectivity index (χ2v) is 4.26. The number of alkyl halides is 1. The standard InChI is InChI=1S/C12H12BrNO2/c1-8(15)12(13)11-9(6-7-14)4-3-5-10(11)16-2/h3-5,12H,6H2,1-2H3. The van der Waals surface area contributed by atoms with Crippen LogP contribution in [-0.2, 0) is 11.2 Å². The van der Waals surface area contributed by atoms with Crippen molar-refractivity contribution >= 4 is 21.7 Å². The smallest absolute Gasteiger partial charge is 0.147 e. The van der Waals surface area contributed by atoms with Crippen LogP contribution in [0.1, 0.15) is 22.9 Å². The van der Waals surface area contributed by atoms with Gasteiger partial charge in [0.2, 0.25) is 0 Å². The molecule has 84 valence electrons. The Balaban J connectivity index is 3.30. The molecule has 1 rings (SSSR count). The number of carbonyl (C=O) groups is 1. The van der Waals surface area contributed by atoms with Crippen molar-refractivity contribution in [3.8, 4) is 11.8 Å². The van der Waals surface area contributed by atoms with Crippen LogP contribution in [0.15, 0.2) is 18.2 Å². The van der Waals surface area contributed by atoms with Gasteiger partial charge in [0.05, 0.1) is 19.6 Å². The molecule has 0 aliphatic carbocycles. The van der Waals surface area contributed by atoms with Gasteiger partial charge in [-0.05, 0) is 18.6 Å². The monoisotopic (exact) mass is 281 g/mol. The highest BCUT2D eigenvalue weighted by Crippen LogP contribution is 2.34. The molecule has 3 nitrogen and oxygen atoms in total. The predicted molar refractivity (Wildman–Crippen MR) is 64.7 cm³/mol. The minimum absolute atomic E-state index is 0.0105. The Bertz CT molecular complexity index is 437. The van der Waals surface area contributed by atoms with Crippen molar-refractivity contribution in [2.45, 2.75) is 18.2 Å². The summed E-state index contributed by atoms with van der Waals surface area (Å²) in [5.74, 6) is 0.619. The zero-order valence-electron chi connectivity index (χ0n) is 9.16. The third-order valence-corrected chi connectivity index (χ3v) is 3.36. The summed E-state index contributed by atoms with van der Waals surface area (Å²) < 4.78 is 5.21. The quantitative estimate of drug-likeness (QED) is 0.798. The van der Waals surface area contributed by atoms with Crippen LogP contribution in [0, 0.1) is 11.3 Å². The highest BCUT2D eigenvalue weighted by Gasteiger charge is 2.20. The van der Waals surface area contributed by atoms with Crippen molar-refractivity contribution in [3.05, 3.63) is 29.3 Å². The van der Waals surface area contributed by atoms with E-state index in [4.69, 9.17) is 10.00 Å². The van der Waals surface area contributed by atoms with E-state index in [1.165, 1.54) is 6.92 Å². The third kappa shape index (κ3) is 2.61. The van der Waals surface area contributed by atoms with E-state index in [9.17, 15) is 4.79 Å². The molecule has 0 N–H and O–H groups in total. The lowest BCUT2D eigenvalue weighted by atomic mass is 9.99. The molecule has 0 bridgehead atoms. The molecule has 0 aromatic heterocycles. The molecule has 1 aromatic rings. The molecular weight excluding hydrogens is 270 g/mol. The van der Waals surface area contributed by atoms with E-state index in [1.54, 1.807) is 13.2 Å². The first-order valence-corrected chi connectivity index (χ1v) is 5.70. The van der Waals surface area contributed by atoms with Gasteiger partial charge in [0.25, 0.3) is 0 Å². The summed E-state index contributed by atoms with van der Waals surface area (Å²) in [6.07, 6.45) is 0.266. The summed E-state index contributed by atoms with van der Waals surface area (Å²) in [5, 5.41) is 8.74. The van der Waals surface area contributed by atoms with E-state index in [-0.39, 0.29) is 12.2 Å². The number of benzene rings is 1. The van der Waals surface area contributed by atoms with Gasteiger partial charge in [-0.15, -0.1) is 0 Å². The SMILES string of the molecule is COc1cccc(CC#N)c1C(Br)C(C)=O. The van der Waals surface area contributed by atoms with Gasteiger partial charge >= 0.3 is 0 Å². The fourth-order valence-electron chi connectivity index (χ4n) is 1.50. The second kappa shape index (κ2) is 5.66. The van der Waals surface area contributed by atoms with Crippen LogP contribution in [0.4, 0.5) is 0 Å². The zero-order valence-corrected chi connectivity index (χ0v) is 10.7. The minimum atomic E-state index is -0.424. The Morgan fingerprint density at radius 1 is 1.62 bits per heavy atom. The van der Waals surface area contributed by atoms with Crippen molar-refractivity contribution in [2.24, 2.45) is 0 Å². The first-order valence-electron chi connectivity index (χ1n) is 4.79. The molecule has 0 aliphatic rings. The maximum absolute atomic E-state index is 11.4. The number of Topliss-reactive ketones (excluding diaryl/α,β-unsaturated/α-hetero) is 1. The highest BCUT2D eigenvalue weighted by atomic mass is 79.9. The molecule has 0 spiro atoms. The molecular formula is C12H12BrNO2. The molecule has 0 saturated heterocycles. The van der Waals surface area contributed by atoms with Gasteiger partial charge < -0.3 is 4.74 Å². The number of hydrogen-bond donors (Lipinski definition) is 0. The number of carbonyl (C=O) groups excluding carboxylic acids is 1. The molecule has 4 heteroatoms. The van der Waals surface area contributed by atoms with Crippen molar-refractivity contribution < 1.29 is 9.53 Å². The molecule has 0 heterocycles. The van der Waals surface area contributed by atoms with Crippen molar-refractivity contribution in [1.82, 2.24) is 0 Å². The minimum Gasteiger partial charge on any atom is -0.496 e. The van der Waals surface area contributed by atoms with E-state index in [1.807, 2.05) is 12.1 Å². The summed E-state index contributed by atoms with van der Waals surface area (Å²) in [7, 11) is 1.55. The van der Waals surface area contributed by atoms with Gasteiger partial charge in [-0.3, -0.25) is 4.79 Å².